The second-order valence-corrected chi connectivity index (χ2v) is 8.43. The molecule has 0 unspecified atom stereocenters. The van der Waals surface area contributed by atoms with Gasteiger partial charge in [-0.15, -0.1) is 0 Å². The first-order valence-electron chi connectivity index (χ1n) is 9.60. The van der Waals surface area contributed by atoms with E-state index < -0.39 is 0 Å². The van der Waals surface area contributed by atoms with Crippen LogP contribution >= 0.6 is 11.6 Å². The lowest BCUT2D eigenvalue weighted by Gasteiger charge is -2.31. The van der Waals surface area contributed by atoms with Gasteiger partial charge in [0, 0.05) is 5.56 Å². The monoisotopic (exact) mass is 362 g/mol. The molecule has 1 heterocycles. The van der Waals surface area contributed by atoms with E-state index in [0.29, 0.717) is 16.5 Å². The number of fused-ring (bicyclic) bond motifs is 1. The highest BCUT2D eigenvalue weighted by molar-refractivity contribution is 6.32. The van der Waals surface area contributed by atoms with Crippen LogP contribution in [0.25, 0.3) is 6.08 Å². The molecule has 0 saturated heterocycles. The van der Waals surface area contributed by atoms with Crippen molar-refractivity contribution in [2.75, 3.05) is 0 Å². The van der Waals surface area contributed by atoms with Crippen molar-refractivity contribution < 1.29 is 14.2 Å². The van der Waals surface area contributed by atoms with Crippen LogP contribution in [0.15, 0.2) is 12.1 Å². The lowest BCUT2D eigenvalue weighted by molar-refractivity contribution is 0.128. The molecule has 0 atom stereocenters. The third-order valence-electron chi connectivity index (χ3n) is 5.38. The van der Waals surface area contributed by atoms with Gasteiger partial charge in [-0.05, 0) is 77.4 Å². The van der Waals surface area contributed by atoms with Gasteiger partial charge >= 0.3 is 0 Å². The Morgan fingerprint density at radius 1 is 0.960 bits per heavy atom. The average molecular weight is 363 g/mol. The van der Waals surface area contributed by atoms with E-state index in [9.17, 15) is 0 Å². The van der Waals surface area contributed by atoms with Gasteiger partial charge in [-0.25, -0.2) is 0 Å². The van der Waals surface area contributed by atoms with Crippen molar-refractivity contribution >= 4 is 17.7 Å². The molecule has 0 spiro atoms. The minimum atomic E-state index is -0.362. The molecule has 3 nitrogen and oxygen atoms in total. The summed E-state index contributed by atoms with van der Waals surface area (Å²) in [6.45, 7) is 4.11. The first kappa shape index (κ1) is 17.1. The summed E-state index contributed by atoms with van der Waals surface area (Å²) < 4.78 is 19.0. The van der Waals surface area contributed by atoms with E-state index in [0.717, 1.165) is 37.0 Å². The molecule has 1 aromatic carbocycles. The molecule has 4 heteroatoms. The number of ether oxygens (including phenoxy) is 3. The van der Waals surface area contributed by atoms with Crippen LogP contribution in [0.5, 0.6) is 17.2 Å². The van der Waals surface area contributed by atoms with Gasteiger partial charge in [0.25, 0.3) is 0 Å². The van der Waals surface area contributed by atoms with Crippen LogP contribution in [0, 0.1) is 0 Å². The zero-order valence-corrected chi connectivity index (χ0v) is 15.9. The van der Waals surface area contributed by atoms with Crippen molar-refractivity contribution in [1.29, 1.82) is 0 Å². The van der Waals surface area contributed by atoms with E-state index in [1.807, 2.05) is 6.07 Å². The molecule has 2 fully saturated rings. The molecule has 4 rings (SSSR count). The standard InChI is InChI=1S/C21H27ClO3/c1-21(2)12-11-14-13-17(22)19(23-15-7-3-4-8-15)20(18(14)25-21)24-16-9-5-6-10-16/h11-13,15-16H,3-10H2,1-2H3. The summed E-state index contributed by atoms with van der Waals surface area (Å²) in [5.41, 5.74) is 0.607. The molecule has 25 heavy (non-hydrogen) atoms. The average Bonchev–Trinajstić information content (AvgIpc) is 3.24. The van der Waals surface area contributed by atoms with Crippen LogP contribution in [0.3, 0.4) is 0 Å². The number of halogens is 1. The summed E-state index contributed by atoms with van der Waals surface area (Å²) in [4.78, 5) is 0. The molecule has 0 aromatic heterocycles. The number of hydrogen-bond donors (Lipinski definition) is 0. The molecule has 0 bridgehead atoms. The van der Waals surface area contributed by atoms with Crippen molar-refractivity contribution in [3.8, 4) is 17.2 Å². The van der Waals surface area contributed by atoms with Crippen molar-refractivity contribution in [2.45, 2.75) is 83.0 Å². The summed E-state index contributed by atoms with van der Waals surface area (Å²) in [5, 5.41) is 0.617. The Bertz CT molecular complexity index is 668. The Morgan fingerprint density at radius 2 is 1.52 bits per heavy atom. The van der Waals surface area contributed by atoms with Gasteiger partial charge in [0.15, 0.2) is 11.5 Å². The second-order valence-electron chi connectivity index (χ2n) is 8.02. The van der Waals surface area contributed by atoms with Gasteiger partial charge in [-0.1, -0.05) is 17.7 Å². The summed E-state index contributed by atoms with van der Waals surface area (Å²) in [7, 11) is 0. The highest BCUT2D eigenvalue weighted by Gasteiger charge is 2.32. The zero-order chi connectivity index (χ0) is 17.4. The maximum atomic E-state index is 6.61. The smallest absolute Gasteiger partial charge is 0.206 e. The minimum Gasteiger partial charge on any atom is -0.485 e. The fourth-order valence-corrected chi connectivity index (χ4v) is 4.24. The molecular weight excluding hydrogens is 336 g/mol. The van der Waals surface area contributed by atoms with Gasteiger partial charge in [0.1, 0.15) is 5.60 Å². The van der Waals surface area contributed by atoms with E-state index in [1.54, 1.807) is 0 Å². The van der Waals surface area contributed by atoms with Crippen LogP contribution in [0.4, 0.5) is 0 Å². The van der Waals surface area contributed by atoms with Crippen molar-refractivity contribution in [3.63, 3.8) is 0 Å². The van der Waals surface area contributed by atoms with Gasteiger partial charge in [-0.3, -0.25) is 0 Å². The molecule has 3 aliphatic rings. The number of hydrogen-bond acceptors (Lipinski definition) is 3. The third kappa shape index (κ3) is 3.62. The van der Waals surface area contributed by atoms with E-state index in [1.165, 1.54) is 25.7 Å². The van der Waals surface area contributed by atoms with Crippen molar-refractivity contribution in [1.82, 2.24) is 0 Å². The fourth-order valence-electron chi connectivity index (χ4n) is 3.99. The molecule has 2 aliphatic carbocycles. The maximum absolute atomic E-state index is 6.61. The Labute approximate surface area is 155 Å². The van der Waals surface area contributed by atoms with Crippen LogP contribution in [-0.4, -0.2) is 17.8 Å². The molecule has 1 aliphatic heterocycles. The SMILES string of the molecule is CC1(C)C=Cc2cc(Cl)c(OC3CCCC3)c(OC3CCCC3)c2O1. The minimum absolute atomic E-state index is 0.228. The van der Waals surface area contributed by atoms with E-state index in [-0.39, 0.29) is 17.8 Å². The van der Waals surface area contributed by atoms with Crippen LogP contribution in [-0.2, 0) is 0 Å². The summed E-state index contributed by atoms with van der Waals surface area (Å²) in [6, 6.07) is 1.94. The first-order valence-corrected chi connectivity index (χ1v) is 9.98. The number of rotatable bonds is 4. The van der Waals surface area contributed by atoms with Gasteiger partial charge < -0.3 is 14.2 Å². The van der Waals surface area contributed by atoms with Crippen molar-refractivity contribution in [2.24, 2.45) is 0 Å². The summed E-state index contributed by atoms with van der Waals surface area (Å²) >= 11 is 6.61. The molecule has 0 amide bonds. The van der Waals surface area contributed by atoms with E-state index >= 15 is 0 Å². The Kier molecular flexibility index (Phi) is 4.61. The quantitative estimate of drug-likeness (QED) is 0.641. The van der Waals surface area contributed by atoms with Crippen LogP contribution in [0.2, 0.25) is 5.02 Å². The number of benzene rings is 1. The zero-order valence-electron chi connectivity index (χ0n) is 15.1. The Balaban J connectivity index is 1.74. The Morgan fingerprint density at radius 3 is 2.12 bits per heavy atom. The van der Waals surface area contributed by atoms with Crippen molar-refractivity contribution in [3.05, 3.63) is 22.7 Å². The Hall–Kier alpha value is -1.35. The third-order valence-corrected chi connectivity index (χ3v) is 5.66. The predicted molar refractivity (Wildman–Crippen MR) is 101 cm³/mol. The van der Waals surface area contributed by atoms with Gasteiger partial charge in [0.05, 0.1) is 17.2 Å². The topological polar surface area (TPSA) is 27.7 Å². The summed E-state index contributed by atoms with van der Waals surface area (Å²) in [5.74, 6) is 2.15. The lowest BCUT2D eigenvalue weighted by Crippen LogP contribution is -2.28. The highest BCUT2D eigenvalue weighted by Crippen LogP contribution is 2.50. The van der Waals surface area contributed by atoms with E-state index in [4.69, 9.17) is 25.8 Å². The largest absolute Gasteiger partial charge is 0.485 e. The molecular formula is C21H27ClO3. The summed E-state index contributed by atoms with van der Waals surface area (Å²) in [6.07, 6.45) is 13.8. The maximum Gasteiger partial charge on any atom is 0.206 e. The predicted octanol–water partition coefficient (Wildman–Crippen LogP) is 6.17. The molecule has 1 aromatic rings. The fraction of sp³-hybridized carbons (Fsp3) is 0.619. The molecule has 0 radical (unpaired) electrons. The van der Waals surface area contributed by atoms with E-state index in [2.05, 4.69) is 26.0 Å². The lowest BCUT2D eigenvalue weighted by atomic mass is 10.0. The normalized spacial score (nSPS) is 22.7. The molecule has 2 saturated carbocycles. The second kappa shape index (κ2) is 6.75. The van der Waals surface area contributed by atoms with Crippen LogP contribution < -0.4 is 14.2 Å². The van der Waals surface area contributed by atoms with Gasteiger partial charge in [-0.2, -0.15) is 0 Å². The molecule has 136 valence electrons. The van der Waals surface area contributed by atoms with Crippen LogP contribution in [0.1, 0.15) is 70.8 Å². The first-order chi connectivity index (χ1) is 12.0. The highest BCUT2D eigenvalue weighted by atomic mass is 35.5. The molecule has 0 N–H and O–H groups in total. The van der Waals surface area contributed by atoms with Gasteiger partial charge in [0.2, 0.25) is 5.75 Å².